The monoisotopic (exact) mass is 430 g/mol. The molecule has 2 amide bonds. The minimum absolute atomic E-state index is 0.0391. The lowest BCUT2D eigenvalue weighted by molar-refractivity contribution is -0.201. The van der Waals surface area contributed by atoms with Gasteiger partial charge in [-0.25, -0.2) is 4.79 Å². The van der Waals surface area contributed by atoms with Gasteiger partial charge in [0, 0.05) is 62.9 Å². The first-order valence-electron chi connectivity index (χ1n) is 12.1. The van der Waals surface area contributed by atoms with Crippen molar-refractivity contribution in [2.75, 3.05) is 39.4 Å². The van der Waals surface area contributed by atoms with Crippen molar-refractivity contribution >= 4 is 6.03 Å². The zero-order chi connectivity index (χ0) is 21.7. The van der Waals surface area contributed by atoms with Crippen molar-refractivity contribution in [2.45, 2.75) is 70.2 Å². The van der Waals surface area contributed by atoms with Gasteiger partial charge in [0.15, 0.2) is 5.79 Å². The van der Waals surface area contributed by atoms with Gasteiger partial charge in [0.1, 0.15) is 0 Å². The van der Waals surface area contributed by atoms with Crippen LogP contribution in [-0.4, -0.2) is 78.1 Å². The fourth-order valence-corrected chi connectivity index (χ4v) is 5.69. The summed E-state index contributed by atoms with van der Waals surface area (Å²) in [4.78, 5) is 21.9. The van der Waals surface area contributed by atoms with Gasteiger partial charge in [-0.05, 0) is 50.8 Å². The molecule has 31 heavy (non-hydrogen) atoms. The van der Waals surface area contributed by atoms with Crippen LogP contribution >= 0.6 is 0 Å². The molecule has 0 bridgehead atoms. The van der Waals surface area contributed by atoms with E-state index in [-0.39, 0.29) is 17.9 Å². The Bertz CT molecular complexity index is 710. The molecule has 1 saturated carbocycles. The van der Waals surface area contributed by atoms with Crippen LogP contribution in [0.1, 0.15) is 51.6 Å². The number of likely N-dealkylation sites (tertiary alicyclic amines) is 1. The van der Waals surface area contributed by atoms with Crippen LogP contribution in [0.2, 0.25) is 0 Å². The minimum Gasteiger partial charge on any atom is -0.348 e. The molecule has 172 valence electrons. The summed E-state index contributed by atoms with van der Waals surface area (Å²) in [6.45, 7) is 9.09. The third kappa shape index (κ3) is 5.38. The van der Waals surface area contributed by atoms with Crippen molar-refractivity contribution in [1.82, 2.24) is 20.1 Å². The van der Waals surface area contributed by atoms with Gasteiger partial charge in [-0.15, -0.1) is 0 Å². The summed E-state index contributed by atoms with van der Waals surface area (Å²) in [5.74, 6) is 0.129. The first-order chi connectivity index (χ1) is 15.1. The van der Waals surface area contributed by atoms with Crippen molar-refractivity contribution in [2.24, 2.45) is 5.92 Å². The van der Waals surface area contributed by atoms with E-state index in [0.29, 0.717) is 38.3 Å². The molecule has 1 spiro atoms. The normalized spacial score (nSPS) is 27.7. The number of aromatic nitrogens is 1. The molecule has 4 rings (SSSR count). The van der Waals surface area contributed by atoms with Crippen LogP contribution in [0.4, 0.5) is 4.79 Å². The first-order valence-corrected chi connectivity index (χ1v) is 12.1. The van der Waals surface area contributed by atoms with Gasteiger partial charge in [0.05, 0.1) is 13.2 Å². The van der Waals surface area contributed by atoms with Crippen LogP contribution in [0, 0.1) is 5.92 Å². The van der Waals surface area contributed by atoms with Gasteiger partial charge in [-0.3, -0.25) is 9.88 Å². The number of urea groups is 1. The largest absolute Gasteiger partial charge is 0.348 e. The van der Waals surface area contributed by atoms with Crippen LogP contribution in [0.25, 0.3) is 0 Å². The molecular weight excluding hydrogens is 392 g/mol. The van der Waals surface area contributed by atoms with E-state index in [1.807, 2.05) is 30.0 Å². The van der Waals surface area contributed by atoms with Crippen molar-refractivity contribution in [3.63, 3.8) is 0 Å². The highest BCUT2D eigenvalue weighted by atomic mass is 16.7. The Hall–Kier alpha value is -1.70. The summed E-state index contributed by atoms with van der Waals surface area (Å²) in [5.41, 5.74) is 1.02. The molecule has 2 aliphatic heterocycles. The molecule has 3 fully saturated rings. The van der Waals surface area contributed by atoms with Gasteiger partial charge >= 0.3 is 6.03 Å². The number of hydrogen-bond acceptors (Lipinski definition) is 5. The average Bonchev–Trinajstić information content (AvgIpc) is 3.22. The Morgan fingerprint density at radius 2 is 2.16 bits per heavy atom. The van der Waals surface area contributed by atoms with Gasteiger partial charge in [-0.1, -0.05) is 13.0 Å². The number of ether oxygens (including phenoxy) is 2. The second-order valence-corrected chi connectivity index (χ2v) is 9.21. The number of piperidine rings is 1. The number of hydrogen-bond donors (Lipinski definition) is 1. The Labute approximate surface area is 186 Å². The Kier molecular flexibility index (Phi) is 7.46. The highest BCUT2D eigenvalue weighted by molar-refractivity contribution is 5.74. The average molecular weight is 431 g/mol. The summed E-state index contributed by atoms with van der Waals surface area (Å²) in [5, 5.41) is 3.35. The first kappa shape index (κ1) is 22.5. The topological polar surface area (TPSA) is 66.9 Å². The maximum atomic E-state index is 13.1. The molecule has 0 radical (unpaired) electrons. The zero-order valence-corrected chi connectivity index (χ0v) is 19.1. The molecular formula is C24H38N4O3. The van der Waals surface area contributed by atoms with Crippen molar-refractivity contribution in [3.8, 4) is 0 Å². The second-order valence-electron chi connectivity index (χ2n) is 9.21. The summed E-state index contributed by atoms with van der Waals surface area (Å²) >= 11 is 0. The zero-order valence-electron chi connectivity index (χ0n) is 19.1. The van der Waals surface area contributed by atoms with Crippen molar-refractivity contribution in [3.05, 3.63) is 30.1 Å². The van der Waals surface area contributed by atoms with E-state index in [1.54, 1.807) is 6.20 Å². The summed E-state index contributed by atoms with van der Waals surface area (Å²) in [6, 6.07) is 6.72. The standard InChI is InChI=1S/C24H38N4O3/c1-3-12-28-18-21(16-19-17-24(10-8-22(19)28)30-14-15-31-24)26-23(29)27(4-2)13-9-20-7-5-6-11-25-20/h5-7,11,19,21-22H,3-4,8-10,12-18H2,1-2H3,(H,26,29)/t19-,21+,22-/m1/s1. The molecule has 7 heteroatoms. The molecule has 0 aromatic carbocycles. The summed E-state index contributed by atoms with van der Waals surface area (Å²) in [6.07, 6.45) is 7.77. The molecule has 1 aromatic rings. The molecule has 1 aliphatic carbocycles. The summed E-state index contributed by atoms with van der Waals surface area (Å²) in [7, 11) is 0. The Morgan fingerprint density at radius 3 is 2.87 bits per heavy atom. The molecule has 7 nitrogen and oxygen atoms in total. The fraction of sp³-hybridized carbons (Fsp3) is 0.750. The molecule has 1 N–H and O–H groups in total. The molecule has 1 aromatic heterocycles. The predicted molar refractivity (Wildman–Crippen MR) is 120 cm³/mol. The fourth-order valence-electron chi connectivity index (χ4n) is 5.69. The number of nitrogens with one attached hydrogen (secondary N) is 1. The number of carbonyl (C=O) groups is 1. The van der Waals surface area contributed by atoms with E-state index in [1.165, 1.54) is 0 Å². The van der Waals surface area contributed by atoms with Crippen LogP contribution in [0.3, 0.4) is 0 Å². The van der Waals surface area contributed by atoms with Crippen LogP contribution < -0.4 is 5.32 Å². The number of nitrogens with zero attached hydrogens (tertiary/aromatic N) is 3. The number of likely N-dealkylation sites (N-methyl/N-ethyl adjacent to an activating group) is 1. The van der Waals surface area contributed by atoms with Gasteiger partial charge in [-0.2, -0.15) is 0 Å². The number of rotatable bonds is 7. The maximum Gasteiger partial charge on any atom is 0.317 e. The molecule has 3 atom stereocenters. The maximum absolute atomic E-state index is 13.1. The van der Waals surface area contributed by atoms with Gasteiger partial charge in [0.2, 0.25) is 0 Å². The third-order valence-corrected chi connectivity index (χ3v) is 7.13. The van der Waals surface area contributed by atoms with Crippen molar-refractivity contribution < 1.29 is 14.3 Å². The lowest BCUT2D eigenvalue weighted by atomic mass is 9.74. The van der Waals surface area contributed by atoms with E-state index < -0.39 is 0 Å². The highest BCUT2D eigenvalue weighted by Crippen LogP contribution is 2.44. The van der Waals surface area contributed by atoms with Crippen LogP contribution in [0.15, 0.2) is 24.4 Å². The van der Waals surface area contributed by atoms with E-state index in [9.17, 15) is 4.79 Å². The van der Waals surface area contributed by atoms with E-state index in [0.717, 1.165) is 57.3 Å². The second kappa shape index (κ2) is 10.3. The van der Waals surface area contributed by atoms with Gasteiger partial charge in [0.25, 0.3) is 0 Å². The third-order valence-electron chi connectivity index (χ3n) is 7.13. The molecule has 3 heterocycles. The quantitative estimate of drug-likeness (QED) is 0.720. The van der Waals surface area contributed by atoms with Crippen LogP contribution in [0.5, 0.6) is 0 Å². The predicted octanol–water partition coefficient (Wildman–Crippen LogP) is 3.05. The van der Waals surface area contributed by atoms with E-state index >= 15 is 0 Å². The smallest absolute Gasteiger partial charge is 0.317 e. The lowest BCUT2D eigenvalue weighted by Crippen LogP contribution is -2.60. The van der Waals surface area contributed by atoms with E-state index in [2.05, 4.69) is 22.1 Å². The SMILES string of the molecule is CCCN1C[C@@H](NC(=O)N(CC)CCc2ccccn2)C[C@@H]2CC3(CC[C@H]21)OCCO3. The molecule has 2 saturated heterocycles. The number of amides is 2. The van der Waals surface area contributed by atoms with Crippen LogP contribution in [-0.2, 0) is 15.9 Å². The number of pyridine rings is 1. The molecule has 3 aliphatic rings. The Balaban J connectivity index is 1.36. The summed E-state index contributed by atoms with van der Waals surface area (Å²) < 4.78 is 12.1. The highest BCUT2D eigenvalue weighted by Gasteiger charge is 2.49. The molecule has 0 unspecified atom stereocenters. The minimum atomic E-state index is -0.372. The Morgan fingerprint density at radius 1 is 1.32 bits per heavy atom. The number of fused-ring (bicyclic) bond motifs is 1. The van der Waals surface area contributed by atoms with Crippen molar-refractivity contribution in [1.29, 1.82) is 0 Å². The lowest BCUT2D eigenvalue weighted by Gasteiger charge is -2.51. The number of carbonyl (C=O) groups excluding carboxylic acids is 1. The van der Waals surface area contributed by atoms with Gasteiger partial charge < -0.3 is 19.7 Å². The van der Waals surface area contributed by atoms with E-state index in [4.69, 9.17) is 9.47 Å².